The summed E-state index contributed by atoms with van der Waals surface area (Å²) < 4.78 is 5.73. The fraction of sp³-hybridized carbons (Fsp3) is 0.464. The predicted octanol–water partition coefficient (Wildman–Crippen LogP) is 4.80. The van der Waals surface area contributed by atoms with Crippen molar-refractivity contribution in [2.75, 3.05) is 20.2 Å². The molecule has 2 aromatic carbocycles. The van der Waals surface area contributed by atoms with E-state index >= 15 is 0 Å². The Kier molecular flexibility index (Phi) is 8.06. The van der Waals surface area contributed by atoms with Crippen molar-refractivity contribution in [1.82, 2.24) is 10.2 Å². The molecule has 1 saturated carbocycles. The minimum Gasteiger partial charge on any atom is -0.481 e. The standard InChI is InChI=1S/C28H34N2O5/c1-30(17-16-27(32)33)26(31)15-14-19-8-2-7-13-25(19)29-28(34)35-18-24-22-11-5-3-9-20(22)21-10-4-6-12-23(21)24/h3-6,9-12,19,24-25H,2,7-8,13-18H2,1H3,(H,29,34)(H,32,33). The molecule has 2 aliphatic carbocycles. The molecule has 2 unspecified atom stereocenters. The molecule has 0 saturated heterocycles. The van der Waals surface area contributed by atoms with Gasteiger partial charge in [0.15, 0.2) is 0 Å². The summed E-state index contributed by atoms with van der Waals surface area (Å²) in [6.45, 7) is 0.490. The molecule has 2 N–H and O–H groups in total. The van der Waals surface area contributed by atoms with Crippen molar-refractivity contribution in [2.45, 2.75) is 56.9 Å². The number of carbonyl (C=O) groups is 3. The molecule has 2 aliphatic rings. The van der Waals surface area contributed by atoms with Crippen LogP contribution in [0.2, 0.25) is 0 Å². The number of aliphatic carboxylic acids is 1. The fourth-order valence-corrected chi connectivity index (χ4v) is 5.42. The summed E-state index contributed by atoms with van der Waals surface area (Å²) in [6, 6.07) is 16.5. The number of nitrogens with one attached hydrogen (secondary N) is 1. The van der Waals surface area contributed by atoms with Gasteiger partial charge in [-0.1, -0.05) is 61.4 Å². The molecular weight excluding hydrogens is 444 g/mol. The van der Waals surface area contributed by atoms with Crippen molar-refractivity contribution in [3.05, 3.63) is 59.7 Å². The van der Waals surface area contributed by atoms with Gasteiger partial charge in [0.2, 0.25) is 5.91 Å². The van der Waals surface area contributed by atoms with Crippen molar-refractivity contribution in [3.63, 3.8) is 0 Å². The Morgan fingerprint density at radius 3 is 2.26 bits per heavy atom. The van der Waals surface area contributed by atoms with Crippen molar-refractivity contribution >= 4 is 18.0 Å². The number of amides is 2. The lowest BCUT2D eigenvalue weighted by Gasteiger charge is -2.32. The third kappa shape index (κ3) is 6.02. The van der Waals surface area contributed by atoms with E-state index in [2.05, 4.69) is 29.6 Å². The van der Waals surface area contributed by atoms with Crippen LogP contribution in [0.4, 0.5) is 4.79 Å². The topological polar surface area (TPSA) is 95.9 Å². The Balaban J connectivity index is 1.30. The molecule has 0 bridgehead atoms. The van der Waals surface area contributed by atoms with E-state index in [1.807, 2.05) is 24.3 Å². The third-order valence-corrected chi connectivity index (χ3v) is 7.37. The van der Waals surface area contributed by atoms with Gasteiger partial charge in [0.1, 0.15) is 6.61 Å². The van der Waals surface area contributed by atoms with Gasteiger partial charge >= 0.3 is 12.1 Å². The van der Waals surface area contributed by atoms with Crippen molar-refractivity contribution in [3.8, 4) is 11.1 Å². The van der Waals surface area contributed by atoms with Crippen LogP contribution in [0.15, 0.2) is 48.5 Å². The summed E-state index contributed by atoms with van der Waals surface area (Å²) >= 11 is 0. The van der Waals surface area contributed by atoms with Gasteiger partial charge in [0.05, 0.1) is 6.42 Å². The van der Waals surface area contributed by atoms with Crippen LogP contribution >= 0.6 is 0 Å². The average molecular weight is 479 g/mol. The van der Waals surface area contributed by atoms with Crippen LogP contribution in [0.1, 0.15) is 62.0 Å². The molecule has 35 heavy (non-hydrogen) atoms. The number of ether oxygens (including phenoxy) is 1. The van der Waals surface area contributed by atoms with Crippen molar-refractivity contribution < 1.29 is 24.2 Å². The number of carbonyl (C=O) groups excluding carboxylic acids is 2. The van der Waals surface area contributed by atoms with Crippen molar-refractivity contribution in [1.29, 1.82) is 0 Å². The van der Waals surface area contributed by atoms with E-state index < -0.39 is 12.1 Å². The number of carboxylic acids is 1. The van der Waals surface area contributed by atoms with Crippen LogP contribution in [0.25, 0.3) is 11.1 Å². The number of hydrogen-bond acceptors (Lipinski definition) is 4. The highest BCUT2D eigenvalue weighted by atomic mass is 16.5. The number of benzene rings is 2. The molecule has 7 heteroatoms. The van der Waals surface area contributed by atoms with Crippen LogP contribution in [-0.2, 0) is 14.3 Å². The largest absolute Gasteiger partial charge is 0.481 e. The van der Waals surface area contributed by atoms with Crippen LogP contribution in [0.5, 0.6) is 0 Å². The predicted molar refractivity (Wildman–Crippen MR) is 133 cm³/mol. The number of carboxylic acid groups (broad SMARTS) is 1. The Labute approximate surface area is 206 Å². The summed E-state index contributed by atoms with van der Waals surface area (Å²) in [5.74, 6) is -0.740. The molecule has 2 amide bonds. The molecule has 186 valence electrons. The lowest BCUT2D eigenvalue weighted by molar-refractivity contribution is -0.138. The zero-order valence-corrected chi connectivity index (χ0v) is 20.2. The second-order valence-corrected chi connectivity index (χ2v) is 9.62. The van der Waals surface area contributed by atoms with Gasteiger partial charge in [-0.3, -0.25) is 9.59 Å². The minimum atomic E-state index is -0.913. The first kappa shape index (κ1) is 24.8. The van der Waals surface area contributed by atoms with E-state index in [1.54, 1.807) is 7.05 Å². The van der Waals surface area contributed by atoms with Crippen LogP contribution in [0.3, 0.4) is 0 Å². The number of alkyl carbamates (subject to hydrolysis) is 1. The number of fused-ring (bicyclic) bond motifs is 3. The Bertz CT molecular complexity index is 1020. The third-order valence-electron chi connectivity index (χ3n) is 7.37. The maximum Gasteiger partial charge on any atom is 0.407 e. The lowest BCUT2D eigenvalue weighted by Crippen LogP contribution is -2.43. The summed E-state index contributed by atoms with van der Waals surface area (Å²) in [5, 5.41) is 11.9. The van der Waals surface area contributed by atoms with E-state index in [4.69, 9.17) is 9.84 Å². The first-order valence-corrected chi connectivity index (χ1v) is 12.5. The first-order chi connectivity index (χ1) is 16.9. The summed E-state index contributed by atoms with van der Waals surface area (Å²) in [7, 11) is 1.64. The molecular formula is C28H34N2O5. The van der Waals surface area contributed by atoms with E-state index in [-0.39, 0.29) is 43.4 Å². The van der Waals surface area contributed by atoms with Gasteiger partial charge in [0.25, 0.3) is 0 Å². The Morgan fingerprint density at radius 1 is 0.971 bits per heavy atom. The van der Waals surface area contributed by atoms with E-state index in [0.717, 1.165) is 25.7 Å². The monoisotopic (exact) mass is 478 g/mol. The Hall–Kier alpha value is -3.35. The first-order valence-electron chi connectivity index (χ1n) is 12.5. The second-order valence-electron chi connectivity index (χ2n) is 9.62. The zero-order valence-electron chi connectivity index (χ0n) is 20.2. The number of hydrogen-bond donors (Lipinski definition) is 2. The van der Waals surface area contributed by atoms with Gasteiger partial charge in [-0.05, 0) is 47.4 Å². The van der Waals surface area contributed by atoms with E-state index in [9.17, 15) is 14.4 Å². The lowest BCUT2D eigenvalue weighted by atomic mass is 9.81. The highest BCUT2D eigenvalue weighted by Gasteiger charge is 2.31. The highest BCUT2D eigenvalue weighted by molar-refractivity contribution is 5.79. The van der Waals surface area contributed by atoms with Gasteiger partial charge in [-0.2, -0.15) is 0 Å². The molecule has 1 fully saturated rings. The summed E-state index contributed by atoms with van der Waals surface area (Å²) in [6.07, 6.45) is 4.51. The average Bonchev–Trinajstić information content (AvgIpc) is 3.19. The molecule has 2 atom stereocenters. The molecule has 0 spiro atoms. The summed E-state index contributed by atoms with van der Waals surface area (Å²) in [4.78, 5) is 37.4. The highest BCUT2D eigenvalue weighted by Crippen LogP contribution is 2.44. The maximum absolute atomic E-state index is 12.8. The minimum absolute atomic E-state index is 0.0171. The number of nitrogens with zero attached hydrogens (tertiary/aromatic N) is 1. The van der Waals surface area contributed by atoms with Gasteiger partial charge in [-0.25, -0.2) is 4.79 Å². The molecule has 0 aromatic heterocycles. The molecule has 0 radical (unpaired) electrons. The van der Waals surface area contributed by atoms with Gasteiger partial charge in [-0.15, -0.1) is 0 Å². The number of rotatable bonds is 9. The second kappa shape index (κ2) is 11.4. The molecule has 0 heterocycles. The SMILES string of the molecule is CN(CCC(=O)O)C(=O)CCC1CCCCC1NC(=O)OCC1c2ccccc2-c2ccccc21. The van der Waals surface area contributed by atoms with Crippen LogP contribution < -0.4 is 5.32 Å². The maximum atomic E-state index is 12.8. The van der Waals surface area contributed by atoms with Gasteiger partial charge in [0, 0.05) is 32.0 Å². The molecule has 2 aromatic rings. The molecule has 7 nitrogen and oxygen atoms in total. The quantitative estimate of drug-likeness (QED) is 0.540. The van der Waals surface area contributed by atoms with Crippen molar-refractivity contribution in [2.24, 2.45) is 5.92 Å². The molecule has 0 aliphatic heterocycles. The van der Waals surface area contributed by atoms with Gasteiger partial charge < -0.3 is 20.1 Å². The molecule has 4 rings (SSSR count). The van der Waals surface area contributed by atoms with Crippen LogP contribution in [0, 0.1) is 5.92 Å². The normalized spacial score (nSPS) is 18.9. The zero-order chi connectivity index (χ0) is 24.8. The van der Waals surface area contributed by atoms with E-state index in [1.165, 1.54) is 27.2 Å². The fourth-order valence-electron chi connectivity index (χ4n) is 5.42. The van der Waals surface area contributed by atoms with Crippen LogP contribution in [-0.4, -0.2) is 54.2 Å². The van der Waals surface area contributed by atoms with E-state index in [0.29, 0.717) is 12.8 Å². The smallest absolute Gasteiger partial charge is 0.407 e. The summed E-state index contributed by atoms with van der Waals surface area (Å²) in [5.41, 5.74) is 4.76. The Morgan fingerprint density at radius 2 is 1.60 bits per heavy atom.